The summed E-state index contributed by atoms with van der Waals surface area (Å²) >= 11 is 0. The molecule has 0 saturated carbocycles. The molecule has 2 N–H and O–H groups in total. The Bertz CT molecular complexity index is 629. The van der Waals surface area contributed by atoms with E-state index >= 15 is 0 Å². The van der Waals surface area contributed by atoms with Crippen LogP contribution in [-0.4, -0.2) is 23.0 Å². The van der Waals surface area contributed by atoms with Crippen molar-refractivity contribution in [1.82, 2.24) is 9.97 Å². The smallest absolute Gasteiger partial charge is 0.340 e. The highest BCUT2D eigenvalue weighted by molar-refractivity contribution is 6.01. The van der Waals surface area contributed by atoms with Crippen LogP contribution in [0, 0.1) is 11.6 Å². The van der Waals surface area contributed by atoms with E-state index in [9.17, 15) is 18.4 Å². The van der Waals surface area contributed by atoms with Gasteiger partial charge in [0.1, 0.15) is 5.52 Å². The summed E-state index contributed by atoms with van der Waals surface area (Å²) in [4.78, 5) is 26.5. The standard InChI is InChI=1S/C9H6F2N2O3/c1-16-8(14)3-2-4(10)5(11)7-6(3)12-9(15)13-7/h2H,1H3,(H2,12,13,15). The van der Waals surface area contributed by atoms with Crippen LogP contribution in [0.3, 0.4) is 0 Å². The summed E-state index contributed by atoms with van der Waals surface area (Å²) in [6.07, 6.45) is 0. The van der Waals surface area contributed by atoms with Gasteiger partial charge in [0.15, 0.2) is 11.6 Å². The molecule has 0 amide bonds. The number of hydrogen-bond acceptors (Lipinski definition) is 3. The Morgan fingerprint density at radius 1 is 1.31 bits per heavy atom. The minimum Gasteiger partial charge on any atom is -0.465 e. The molecule has 1 aromatic carbocycles. The average Bonchev–Trinajstić information content (AvgIpc) is 2.64. The molecule has 16 heavy (non-hydrogen) atoms. The Hall–Kier alpha value is -2.18. The van der Waals surface area contributed by atoms with Gasteiger partial charge in [0.25, 0.3) is 0 Å². The van der Waals surface area contributed by atoms with Crippen LogP contribution < -0.4 is 5.69 Å². The van der Waals surface area contributed by atoms with Crippen LogP contribution in [0.4, 0.5) is 8.78 Å². The van der Waals surface area contributed by atoms with E-state index in [1.54, 1.807) is 0 Å². The number of carbonyl (C=O) groups excluding carboxylic acids is 1. The first-order chi connectivity index (χ1) is 7.54. The Labute approximate surface area is 87.0 Å². The van der Waals surface area contributed by atoms with Gasteiger partial charge in [-0.1, -0.05) is 0 Å². The summed E-state index contributed by atoms with van der Waals surface area (Å²) in [7, 11) is 1.10. The molecule has 0 fully saturated rings. The van der Waals surface area contributed by atoms with Crippen molar-refractivity contribution in [2.24, 2.45) is 0 Å². The van der Waals surface area contributed by atoms with Crippen molar-refractivity contribution in [2.45, 2.75) is 0 Å². The number of aromatic amines is 2. The number of halogens is 2. The highest BCUT2D eigenvalue weighted by Gasteiger charge is 2.19. The molecular formula is C9H6F2N2O3. The number of benzene rings is 1. The number of ether oxygens (including phenoxy) is 1. The fourth-order valence-corrected chi connectivity index (χ4v) is 1.40. The van der Waals surface area contributed by atoms with Crippen LogP contribution >= 0.6 is 0 Å². The summed E-state index contributed by atoms with van der Waals surface area (Å²) < 4.78 is 30.7. The third kappa shape index (κ3) is 1.37. The fraction of sp³-hybridized carbons (Fsp3) is 0.111. The first-order valence-corrected chi connectivity index (χ1v) is 4.23. The van der Waals surface area contributed by atoms with Crippen molar-refractivity contribution in [3.8, 4) is 0 Å². The maximum Gasteiger partial charge on any atom is 0.340 e. The van der Waals surface area contributed by atoms with E-state index in [-0.39, 0.29) is 16.6 Å². The van der Waals surface area contributed by atoms with Crippen LogP contribution in [0.15, 0.2) is 10.9 Å². The lowest BCUT2D eigenvalue weighted by Crippen LogP contribution is -2.05. The number of carbonyl (C=O) groups is 1. The molecule has 0 bridgehead atoms. The SMILES string of the molecule is COC(=O)c1cc(F)c(F)c2[nH]c(=O)[nH]c12. The topological polar surface area (TPSA) is 75.0 Å². The van der Waals surface area contributed by atoms with Crippen molar-refractivity contribution in [3.05, 3.63) is 33.7 Å². The zero-order valence-electron chi connectivity index (χ0n) is 8.06. The second-order valence-electron chi connectivity index (χ2n) is 3.04. The molecule has 0 spiro atoms. The molecule has 0 atom stereocenters. The Morgan fingerprint density at radius 2 is 1.94 bits per heavy atom. The number of esters is 1. The second-order valence-corrected chi connectivity index (χ2v) is 3.04. The predicted molar refractivity (Wildman–Crippen MR) is 50.2 cm³/mol. The molecule has 0 aliphatic carbocycles. The van der Waals surface area contributed by atoms with Gasteiger partial charge in [0.05, 0.1) is 18.2 Å². The maximum atomic E-state index is 13.2. The van der Waals surface area contributed by atoms with Gasteiger partial charge in [-0.3, -0.25) is 0 Å². The lowest BCUT2D eigenvalue weighted by Gasteiger charge is -2.02. The van der Waals surface area contributed by atoms with E-state index in [4.69, 9.17) is 0 Å². The van der Waals surface area contributed by atoms with Gasteiger partial charge in [-0.2, -0.15) is 0 Å². The third-order valence-corrected chi connectivity index (χ3v) is 2.10. The molecular weight excluding hydrogens is 222 g/mol. The number of aromatic nitrogens is 2. The van der Waals surface area contributed by atoms with Crippen molar-refractivity contribution < 1.29 is 18.3 Å². The van der Waals surface area contributed by atoms with Crippen LogP contribution in [0.2, 0.25) is 0 Å². The minimum atomic E-state index is -1.23. The highest BCUT2D eigenvalue weighted by Crippen LogP contribution is 2.20. The van der Waals surface area contributed by atoms with Crippen LogP contribution in [-0.2, 0) is 4.74 Å². The molecule has 0 saturated heterocycles. The molecule has 0 aliphatic heterocycles. The number of nitrogens with one attached hydrogen (secondary N) is 2. The van der Waals surface area contributed by atoms with Crippen molar-refractivity contribution in [3.63, 3.8) is 0 Å². The average molecular weight is 228 g/mol. The van der Waals surface area contributed by atoms with Gasteiger partial charge >= 0.3 is 11.7 Å². The normalized spacial score (nSPS) is 10.7. The first-order valence-electron chi connectivity index (χ1n) is 4.23. The zero-order chi connectivity index (χ0) is 11.9. The van der Waals surface area contributed by atoms with E-state index in [1.165, 1.54) is 0 Å². The van der Waals surface area contributed by atoms with Gasteiger partial charge in [-0.25, -0.2) is 18.4 Å². The van der Waals surface area contributed by atoms with E-state index in [2.05, 4.69) is 14.7 Å². The van der Waals surface area contributed by atoms with Crippen molar-refractivity contribution >= 4 is 17.0 Å². The Balaban J connectivity index is 2.89. The number of imidazole rings is 1. The molecule has 2 aromatic rings. The first kappa shape index (κ1) is 10.3. The van der Waals surface area contributed by atoms with E-state index < -0.39 is 23.3 Å². The molecule has 1 aromatic heterocycles. The number of hydrogen-bond donors (Lipinski definition) is 2. The predicted octanol–water partition coefficient (Wildman–Crippen LogP) is 0.921. The lowest BCUT2D eigenvalue weighted by molar-refractivity contribution is 0.0602. The lowest BCUT2D eigenvalue weighted by atomic mass is 10.1. The minimum absolute atomic E-state index is 0.115. The number of fused-ring (bicyclic) bond motifs is 1. The molecule has 0 radical (unpaired) electrons. The summed E-state index contributed by atoms with van der Waals surface area (Å²) in [5.74, 6) is -3.32. The molecule has 84 valence electrons. The molecule has 0 aliphatic rings. The van der Waals surface area contributed by atoms with Crippen LogP contribution in [0.1, 0.15) is 10.4 Å². The number of H-pyrrole nitrogens is 2. The van der Waals surface area contributed by atoms with Gasteiger partial charge in [-0.05, 0) is 6.07 Å². The summed E-state index contributed by atoms with van der Waals surface area (Å²) in [5.41, 5.74) is -1.47. The van der Waals surface area contributed by atoms with E-state index in [0.717, 1.165) is 7.11 Å². The van der Waals surface area contributed by atoms with Crippen LogP contribution in [0.5, 0.6) is 0 Å². The van der Waals surface area contributed by atoms with E-state index in [0.29, 0.717) is 6.07 Å². The maximum absolute atomic E-state index is 13.2. The molecule has 0 unspecified atom stereocenters. The largest absolute Gasteiger partial charge is 0.465 e. The molecule has 2 rings (SSSR count). The fourth-order valence-electron chi connectivity index (χ4n) is 1.40. The van der Waals surface area contributed by atoms with Crippen molar-refractivity contribution in [2.75, 3.05) is 7.11 Å². The monoisotopic (exact) mass is 228 g/mol. The Morgan fingerprint density at radius 3 is 2.56 bits per heavy atom. The quantitative estimate of drug-likeness (QED) is 0.712. The summed E-state index contributed by atoms with van der Waals surface area (Å²) in [5, 5.41) is 0. The molecule has 7 heteroatoms. The zero-order valence-corrected chi connectivity index (χ0v) is 8.06. The van der Waals surface area contributed by atoms with Gasteiger partial charge in [0.2, 0.25) is 0 Å². The second kappa shape index (κ2) is 3.44. The number of rotatable bonds is 1. The van der Waals surface area contributed by atoms with E-state index in [1.807, 2.05) is 0 Å². The molecule has 5 nitrogen and oxygen atoms in total. The van der Waals surface area contributed by atoms with Gasteiger partial charge < -0.3 is 14.7 Å². The summed E-state index contributed by atoms with van der Waals surface area (Å²) in [6.45, 7) is 0. The Kier molecular flexibility index (Phi) is 2.22. The molecule has 1 heterocycles. The van der Waals surface area contributed by atoms with Gasteiger partial charge in [0, 0.05) is 0 Å². The summed E-state index contributed by atoms with van der Waals surface area (Å²) in [6, 6.07) is 0.674. The highest BCUT2D eigenvalue weighted by atomic mass is 19.2. The van der Waals surface area contributed by atoms with Crippen molar-refractivity contribution in [1.29, 1.82) is 0 Å². The van der Waals surface area contributed by atoms with Crippen LogP contribution in [0.25, 0.3) is 11.0 Å². The van der Waals surface area contributed by atoms with Gasteiger partial charge in [-0.15, -0.1) is 0 Å². The third-order valence-electron chi connectivity index (χ3n) is 2.10. The number of methoxy groups -OCH3 is 1.